The van der Waals surface area contributed by atoms with Crippen molar-refractivity contribution >= 4 is 11.8 Å². The molecule has 2 fully saturated rings. The van der Waals surface area contributed by atoms with Crippen molar-refractivity contribution in [3.63, 3.8) is 0 Å². The number of thioether (sulfide) groups is 1. The van der Waals surface area contributed by atoms with E-state index in [9.17, 15) is 0 Å². The Kier molecular flexibility index (Phi) is 4.66. The molecule has 1 aliphatic heterocycles. The van der Waals surface area contributed by atoms with E-state index in [1.165, 1.54) is 25.7 Å². The summed E-state index contributed by atoms with van der Waals surface area (Å²) < 4.78 is 5.59. The topological polar surface area (TPSA) is 51.0 Å². The lowest BCUT2D eigenvalue weighted by Crippen LogP contribution is -2.34. The Morgan fingerprint density at radius 1 is 1.35 bits per heavy atom. The van der Waals surface area contributed by atoms with E-state index in [0.29, 0.717) is 17.9 Å². The van der Waals surface area contributed by atoms with Crippen LogP contribution in [0.25, 0.3) is 0 Å². The second kappa shape index (κ2) is 6.48. The molecule has 5 heteroatoms. The Balaban J connectivity index is 1.66. The van der Waals surface area contributed by atoms with E-state index in [0.717, 1.165) is 35.7 Å². The van der Waals surface area contributed by atoms with Crippen molar-refractivity contribution in [1.29, 1.82) is 0 Å². The molecule has 0 radical (unpaired) electrons. The first-order valence-electron chi connectivity index (χ1n) is 7.92. The van der Waals surface area contributed by atoms with Gasteiger partial charge in [-0.25, -0.2) is 0 Å². The first-order valence-corrected chi connectivity index (χ1v) is 9.08. The Labute approximate surface area is 125 Å². The van der Waals surface area contributed by atoms with Gasteiger partial charge in [0.15, 0.2) is 5.82 Å². The third kappa shape index (κ3) is 3.03. The van der Waals surface area contributed by atoms with E-state index in [4.69, 9.17) is 9.51 Å². The van der Waals surface area contributed by atoms with Crippen molar-refractivity contribution in [3.8, 4) is 0 Å². The molecule has 1 saturated heterocycles. The van der Waals surface area contributed by atoms with Crippen LogP contribution in [0, 0.1) is 5.92 Å². The average Bonchev–Trinajstić information content (AvgIpc) is 3.15. The normalized spacial score (nSPS) is 33.9. The van der Waals surface area contributed by atoms with Gasteiger partial charge in [0.25, 0.3) is 0 Å². The van der Waals surface area contributed by atoms with Crippen molar-refractivity contribution in [3.05, 3.63) is 11.7 Å². The van der Waals surface area contributed by atoms with Crippen LogP contribution in [0.4, 0.5) is 0 Å². The lowest BCUT2D eigenvalue weighted by Gasteiger charge is -2.16. The highest BCUT2D eigenvalue weighted by Gasteiger charge is 2.34. The predicted octanol–water partition coefficient (Wildman–Crippen LogP) is 3.17. The van der Waals surface area contributed by atoms with Gasteiger partial charge in [0.1, 0.15) is 0 Å². The van der Waals surface area contributed by atoms with Crippen LogP contribution in [-0.4, -0.2) is 34.2 Å². The molecule has 4 unspecified atom stereocenters. The van der Waals surface area contributed by atoms with Crippen molar-refractivity contribution in [2.75, 3.05) is 18.1 Å². The van der Waals surface area contributed by atoms with E-state index in [1.807, 2.05) is 11.8 Å². The largest absolute Gasteiger partial charge is 0.339 e. The number of aromatic nitrogens is 2. The molecule has 3 rings (SSSR count). The van der Waals surface area contributed by atoms with Crippen LogP contribution in [0.2, 0.25) is 0 Å². The third-order valence-corrected chi connectivity index (χ3v) is 5.76. The molecule has 20 heavy (non-hydrogen) atoms. The minimum absolute atomic E-state index is 0.395. The summed E-state index contributed by atoms with van der Waals surface area (Å²) in [6.07, 6.45) is 4.91. The van der Waals surface area contributed by atoms with Crippen LogP contribution in [0.5, 0.6) is 0 Å². The fraction of sp³-hybridized carbons (Fsp3) is 0.867. The van der Waals surface area contributed by atoms with Gasteiger partial charge in [0, 0.05) is 23.5 Å². The van der Waals surface area contributed by atoms with Crippen molar-refractivity contribution in [2.24, 2.45) is 5.92 Å². The number of hydrogen-bond acceptors (Lipinski definition) is 5. The molecule has 4 nitrogen and oxygen atoms in total. The molecule has 2 aliphatic rings. The smallest absolute Gasteiger partial charge is 0.232 e. The zero-order valence-electron chi connectivity index (χ0n) is 12.5. The summed E-state index contributed by atoms with van der Waals surface area (Å²) in [5.41, 5.74) is 0. The molecule has 4 atom stereocenters. The van der Waals surface area contributed by atoms with E-state index >= 15 is 0 Å². The second-order valence-corrected chi connectivity index (χ2v) is 7.39. The molecule has 2 heterocycles. The second-order valence-electron chi connectivity index (χ2n) is 6.31. The molecule has 0 aromatic carbocycles. The predicted molar refractivity (Wildman–Crippen MR) is 82.2 cm³/mol. The summed E-state index contributed by atoms with van der Waals surface area (Å²) in [5, 5.41) is 7.89. The molecule has 112 valence electrons. The molecule has 0 bridgehead atoms. The van der Waals surface area contributed by atoms with Gasteiger partial charge in [-0.15, -0.1) is 0 Å². The van der Waals surface area contributed by atoms with Gasteiger partial charge in [0.2, 0.25) is 5.89 Å². The zero-order chi connectivity index (χ0) is 13.9. The van der Waals surface area contributed by atoms with E-state index in [1.54, 1.807) is 0 Å². The fourth-order valence-corrected chi connectivity index (χ4v) is 4.70. The molecular formula is C15H25N3OS. The lowest BCUT2D eigenvalue weighted by molar-refractivity contribution is 0.334. The molecular weight excluding hydrogens is 270 g/mol. The van der Waals surface area contributed by atoms with Crippen LogP contribution in [0.3, 0.4) is 0 Å². The van der Waals surface area contributed by atoms with Crippen molar-refractivity contribution in [2.45, 2.75) is 57.4 Å². The Morgan fingerprint density at radius 3 is 3.00 bits per heavy atom. The minimum atomic E-state index is 0.395. The summed E-state index contributed by atoms with van der Waals surface area (Å²) in [4.78, 5) is 4.74. The highest BCUT2D eigenvalue weighted by Crippen LogP contribution is 2.38. The quantitative estimate of drug-likeness (QED) is 0.904. The number of hydrogen-bond donors (Lipinski definition) is 1. The van der Waals surface area contributed by atoms with Gasteiger partial charge in [-0.05, 0) is 38.1 Å². The van der Waals surface area contributed by atoms with Gasteiger partial charge in [-0.2, -0.15) is 16.7 Å². The Hall–Kier alpha value is -0.550. The van der Waals surface area contributed by atoms with Gasteiger partial charge in [-0.1, -0.05) is 19.0 Å². The first kappa shape index (κ1) is 14.4. The van der Waals surface area contributed by atoms with Crippen LogP contribution in [-0.2, 0) is 0 Å². The molecule has 1 aromatic heterocycles. The van der Waals surface area contributed by atoms with Crippen LogP contribution >= 0.6 is 11.8 Å². The number of nitrogens with zero attached hydrogens (tertiary/aromatic N) is 2. The molecule has 1 aromatic rings. The van der Waals surface area contributed by atoms with Crippen LogP contribution in [0.15, 0.2) is 4.52 Å². The fourth-order valence-electron chi connectivity index (χ4n) is 3.33. The summed E-state index contributed by atoms with van der Waals surface area (Å²) in [7, 11) is 0. The van der Waals surface area contributed by atoms with Crippen LogP contribution < -0.4 is 5.32 Å². The van der Waals surface area contributed by atoms with Gasteiger partial charge >= 0.3 is 0 Å². The zero-order valence-corrected chi connectivity index (χ0v) is 13.3. The van der Waals surface area contributed by atoms with Gasteiger partial charge < -0.3 is 9.84 Å². The number of nitrogens with one attached hydrogen (secondary N) is 1. The Bertz CT molecular complexity index is 437. The average molecular weight is 295 g/mol. The molecule has 1 aliphatic carbocycles. The van der Waals surface area contributed by atoms with E-state index < -0.39 is 0 Å². The highest BCUT2D eigenvalue weighted by molar-refractivity contribution is 7.99. The lowest BCUT2D eigenvalue weighted by atomic mass is 10.0. The van der Waals surface area contributed by atoms with Crippen LogP contribution in [0.1, 0.15) is 63.1 Å². The number of rotatable bonds is 5. The van der Waals surface area contributed by atoms with E-state index in [2.05, 4.69) is 24.3 Å². The standard InChI is InChI=1S/C15H25N3OS/c1-3-6-16-13-9-20-8-12(13)15-17-14(18-19-15)11-5-4-10(2)7-11/h10-13,16H,3-9H2,1-2H3. The maximum Gasteiger partial charge on any atom is 0.232 e. The summed E-state index contributed by atoms with van der Waals surface area (Å²) >= 11 is 1.99. The summed E-state index contributed by atoms with van der Waals surface area (Å²) in [6.45, 7) is 5.60. The van der Waals surface area contributed by atoms with Crippen molar-refractivity contribution in [1.82, 2.24) is 15.5 Å². The van der Waals surface area contributed by atoms with Crippen molar-refractivity contribution < 1.29 is 4.52 Å². The summed E-state index contributed by atoms with van der Waals surface area (Å²) in [6, 6.07) is 0.496. The Morgan fingerprint density at radius 2 is 2.25 bits per heavy atom. The minimum Gasteiger partial charge on any atom is -0.339 e. The molecule has 0 spiro atoms. The maximum absolute atomic E-state index is 5.59. The molecule has 0 amide bonds. The molecule has 1 saturated carbocycles. The highest BCUT2D eigenvalue weighted by atomic mass is 32.2. The van der Waals surface area contributed by atoms with Gasteiger partial charge in [-0.3, -0.25) is 0 Å². The first-order chi connectivity index (χ1) is 9.78. The SMILES string of the molecule is CCCNC1CSCC1c1nc(C2CCC(C)C2)no1. The molecule has 1 N–H and O–H groups in total. The van der Waals surface area contributed by atoms with E-state index in [-0.39, 0.29) is 0 Å². The summed E-state index contributed by atoms with van der Waals surface area (Å²) in [5.74, 6) is 5.80. The monoisotopic (exact) mass is 295 g/mol. The third-order valence-electron chi connectivity index (χ3n) is 4.57. The van der Waals surface area contributed by atoms with Gasteiger partial charge in [0.05, 0.1) is 5.92 Å². The maximum atomic E-state index is 5.59.